The monoisotopic (exact) mass is 585 g/mol. The van der Waals surface area contributed by atoms with Crippen molar-refractivity contribution >= 4 is 12.1 Å². The van der Waals surface area contributed by atoms with E-state index in [-0.39, 0.29) is 24.1 Å². The van der Waals surface area contributed by atoms with Crippen molar-refractivity contribution in [2.24, 2.45) is 5.92 Å². The zero-order valence-corrected chi connectivity index (χ0v) is 23.6. The largest absolute Gasteiger partial charge is 0.444 e. The summed E-state index contributed by atoms with van der Waals surface area (Å²) in [6, 6.07) is 8.05. The maximum atomic E-state index is 13.9. The first-order valence-electron chi connectivity index (χ1n) is 13.1. The Labute approximate surface area is 234 Å². The van der Waals surface area contributed by atoms with Crippen LogP contribution in [-0.2, 0) is 17.1 Å². The number of benzene rings is 2. The van der Waals surface area contributed by atoms with Crippen LogP contribution in [0.4, 0.5) is 35.9 Å². The van der Waals surface area contributed by atoms with Crippen molar-refractivity contribution in [2.75, 3.05) is 20.6 Å². The number of likely N-dealkylation sites (N-methyl/N-ethyl adjacent to an activating group) is 1. The van der Waals surface area contributed by atoms with Gasteiger partial charge in [0.05, 0.1) is 28.7 Å². The summed E-state index contributed by atoms with van der Waals surface area (Å²) in [5.41, 5.74) is -3.98. The number of carbonyl (C=O) groups is 2. The SMILES string of the molecule is CC(c1cc(C(F)(F)F)cc(C(F)(F)F)c1)N(C)C(=O)N1C[C@H]2C[C@@]2(N(C)C(=O)OC(C)(C)C)[C@H]1c1ccccc1. The molecule has 1 unspecified atom stereocenters. The van der Waals surface area contributed by atoms with Gasteiger partial charge >= 0.3 is 24.5 Å². The zero-order chi connectivity index (χ0) is 30.7. The number of piperidine rings is 1. The van der Waals surface area contributed by atoms with Crippen LogP contribution in [0.1, 0.15) is 68.5 Å². The number of urea groups is 1. The Balaban J connectivity index is 1.68. The molecule has 0 N–H and O–H groups in total. The van der Waals surface area contributed by atoms with Crippen molar-refractivity contribution in [3.8, 4) is 0 Å². The van der Waals surface area contributed by atoms with Gasteiger partial charge < -0.3 is 19.4 Å². The first kappa shape index (κ1) is 30.5. The normalized spacial score (nSPS) is 23.1. The van der Waals surface area contributed by atoms with Gasteiger partial charge in [-0.15, -0.1) is 0 Å². The quantitative estimate of drug-likeness (QED) is 0.349. The Morgan fingerprint density at radius 2 is 1.49 bits per heavy atom. The van der Waals surface area contributed by atoms with Gasteiger partial charge in [-0.25, -0.2) is 9.59 Å². The molecule has 4 atom stereocenters. The van der Waals surface area contributed by atoms with Crippen LogP contribution in [-0.4, -0.2) is 58.6 Å². The van der Waals surface area contributed by atoms with Crippen LogP contribution in [0.15, 0.2) is 48.5 Å². The summed E-state index contributed by atoms with van der Waals surface area (Å²) in [6.45, 7) is 6.86. The fourth-order valence-corrected chi connectivity index (χ4v) is 5.71. The Kier molecular flexibility index (Phi) is 7.54. The van der Waals surface area contributed by atoms with E-state index in [2.05, 4.69) is 0 Å². The summed E-state index contributed by atoms with van der Waals surface area (Å²) in [4.78, 5) is 31.2. The van der Waals surface area contributed by atoms with Gasteiger partial charge in [0.25, 0.3) is 0 Å². The maximum Gasteiger partial charge on any atom is 0.416 e. The van der Waals surface area contributed by atoms with Crippen LogP contribution in [0.2, 0.25) is 0 Å². The number of rotatable bonds is 4. The predicted molar refractivity (Wildman–Crippen MR) is 139 cm³/mol. The topological polar surface area (TPSA) is 53.1 Å². The molecule has 2 aromatic carbocycles. The molecule has 3 amide bonds. The minimum Gasteiger partial charge on any atom is -0.444 e. The third-order valence-electron chi connectivity index (χ3n) is 7.95. The number of alkyl halides is 6. The Bertz CT molecular complexity index is 1280. The lowest BCUT2D eigenvalue weighted by molar-refractivity contribution is -0.143. The van der Waals surface area contributed by atoms with Gasteiger partial charge in [-0.2, -0.15) is 26.3 Å². The van der Waals surface area contributed by atoms with E-state index in [1.165, 1.54) is 18.9 Å². The molecule has 1 saturated heterocycles. The summed E-state index contributed by atoms with van der Waals surface area (Å²) < 4.78 is 86.5. The summed E-state index contributed by atoms with van der Waals surface area (Å²) in [5.74, 6) is -0.0942. The van der Waals surface area contributed by atoms with Crippen LogP contribution in [0.3, 0.4) is 0 Å². The van der Waals surface area contributed by atoms with Crippen molar-refractivity contribution in [3.63, 3.8) is 0 Å². The lowest BCUT2D eigenvalue weighted by Crippen LogP contribution is -2.50. The number of carbonyl (C=O) groups excluding carboxylic acids is 2. The first-order chi connectivity index (χ1) is 18.8. The molecule has 1 aliphatic heterocycles. The van der Waals surface area contributed by atoms with Crippen molar-refractivity contribution in [1.29, 1.82) is 0 Å². The van der Waals surface area contributed by atoms with E-state index in [0.717, 1.165) is 10.5 Å². The Morgan fingerprint density at radius 1 is 0.951 bits per heavy atom. The summed E-state index contributed by atoms with van der Waals surface area (Å²) >= 11 is 0. The molecule has 4 rings (SSSR count). The molecule has 224 valence electrons. The van der Waals surface area contributed by atoms with Crippen LogP contribution < -0.4 is 0 Å². The molecule has 2 aromatic rings. The van der Waals surface area contributed by atoms with Crippen LogP contribution in [0.5, 0.6) is 0 Å². The second-order valence-electron chi connectivity index (χ2n) is 11.8. The minimum absolute atomic E-state index is 0.0632. The number of fused-ring (bicyclic) bond motifs is 1. The molecule has 1 saturated carbocycles. The Morgan fingerprint density at radius 3 is 1.98 bits per heavy atom. The first-order valence-corrected chi connectivity index (χ1v) is 13.1. The number of nitrogens with zero attached hydrogens (tertiary/aromatic N) is 3. The van der Waals surface area contributed by atoms with Crippen molar-refractivity contribution in [3.05, 3.63) is 70.8 Å². The molecule has 6 nitrogen and oxygen atoms in total. The van der Waals surface area contributed by atoms with Crippen molar-refractivity contribution < 1.29 is 40.7 Å². The summed E-state index contributed by atoms with van der Waals surface area (Å²) in [7, 11) is 2.96. The molecule has 0 radical (unpaired) electrons. The van der Waals surface area contributed by atoms with Gasteiger partial charge in [-0.1, -0.05) is 30.3 Å². The third-order valence-corrected chi connectivity index (χ3v) is 7.95. The van der Waals surface area contributed by atoms with Gasteiger partial charge in [-0.05, 0) is 63.4 Å². The number of halogens is 6. The van der Waals surface area contributed by atoms with Crippen LogP contribution >= 0.6 is 0 Å². The predicted octanol–water partition coefficient (Wildman–Crippen LogP) is 7.52. The molecular weight excluding hydrogens is 552 g/mol. The van der Waals surface area contributed by atoms with Gasteiger partial charge in [-0.3, -0.25) is 0 Å². The summed E-state index contributed by atoms with van der Waals surface area (Å²) in [6.07, 6.45) is -9.97. The molecule has 0 spiro atoms. The average molecular weight is 586 g/mol. The number of hydrogen-bond donors (Lipinski definition) is 0. The second kappa shape index (κ2) is 10.1. The van der Waals surface area contributed by atoms with Gasteiger partial charge in [0, 0.05) is 26.6 Å². The fraction of sp³-hybridized carbons (Fsp3) is 0.517. The highest BCUT2D eigenvalue weighted by atomic mass is 19.4. The highest BCUT2D eigenvalue weighted by molar-refractivity contribution is 5.78. The lowest BCUT2D eigenvalue weighted by atomic mass is 9.96. The Hall–Kier alpha value is -3.44. The molecule has 12 heteroatoms. The van der Waals surface area contributed by atoms with Crippen molar-refractivity contribution in [2.45, 2.75) is 69.7 Å². The molecule has 0 aromatic heterocycles. The van der Waals surface area contributed by atoms with Gasteiger partial charge in [0.1, 0.15) is 5.60 Å². The highest BCUT2D eigenvalue weighted by Gasteiger charge is 2.71. The third kappa shape index (κ3) is 5.83. The highest BCUT2D eigenvalue weighted by Crippen LogP contribution is 2.63. The van der Waals surface area contributed by atoms with Crippen LogP contribution in [0.25, 0.3) is 0 Å². The molecule has 2 fully saturated rings. The average Bonchev–Trinajstić information content (AvgIpc) is 3.49. The molecule has 0 bridgehead atoms. The smallest absolute Gasteiger partial charge is 0.416 e. The van der Waals surface area contributed by atoms with E-state index in [1.54, 1.807) is 50.9 Å². The van der Waals surface area contributed by atoms with E-state index >= 15 is 0 Å². The summed E-state index contributed by atoms with van der Waals surface area (Å²) in [5, 5.41) is 0. The van der Waals surface area contributed by atoms with E-state index in [0.29, 0.717) is 18.6 Å². The van der Waals surface area contributed by atoms with Gasteiger partial charge in [0.15, 0.2) is 0 Å². The standard InChI is InChI=1S/C29H33F6N3O3/c1-17(19-12-20(28(30,31)32)14-21(13-19)29(33,34)35)36(5)24(39)38-16-22-15-27(22,23(38)18-10-8-7-9-11-18)37(6)25(40)41-26(2,3)4/h7-14,17,22-23H,15-16H2,1-6H3/t17?,22-,23-,27+/m1/s1. The number of amides is 3. The minimum atomic E-state index is -5.01. The molecule has 1 heterocycles. The molecule has 41 heavy (non-hydrogen) atoms. The van der Waals surface area contributed by atoms with E-state index < -0.39 is 58.8 Å². The molecular formula is C29H33F6N3O3. The molecule has 1 aliphatic carbocycles. The number of ether oxygens (including phenoxy) is 1. The van der Waals surface area contributed by atoms with Gasteiger partial charge in [0.2, 0.25) is 0 Å². The van der Waals surface area contributed by atoms with E-state index in [1.807, 2.05) is 12.1 Å². The molecule has 2 aliphatic rings. The second-order valence-corrected chi connectivity index (χ2v) is 11.8. The lowest BCUT2D eigenvalue weighted by Gasteiger charge is -2.40. The zero-order valence-electron chi connectivity index (χ0n) is 23.6. The fourth-order valence-electron chi connectivity index (χ4n) is 5.71. The van der Waals surface area contributed by atoms with Crippen LogP contribution in [0, 0.1) is 5.92 Å². The maximum absolute atomic E-state index is 13.9. The van der Waals surface area contributed by atoms with Crippen molar-refractivity contribution in [1.82, 2.24) is 14.7 Å². The van der Waals surface area contributed by atoms with E-state index in [4.69, 9.17) is 4.74 Å². The number of likely N-dealkylation sites (tertiary alicyclic amines) is 1. The number of hydrogen-bond acceptors (Lipinski definition) is 3. The van der Waals surface area contributed by atoms with E-state index in [9.17, 15) is 35.9 Å².